The number of amides is 1. The lowest BCUT2D eigenvalue weighted by Gasteiger charge is -2.35. The number of piperidine rings is 1. The molecule has 120 valence electrons. The van der Waals surface area contributed by atoms with Crippen LogP contribution in [0.3, 0.4) is 0 Å². The Kier molecular flexibility index (Phi) is 4.75. The molecule has 1 aromatic rings. The standard InChI is InChI=1S/C16H24N4O2/c21-15-10-14(11-17-18-15)20-9-5-6-13(12-20)16(22)19-7-3-1-2-4-8-19/h10-11,13H,1-9,12H2,(H,18,21). The lowest BCUT2D eigenvalue weighted by molar-refractivity contribution is -0.135. The Bertz CT molecular complexity index is 563. The third kappa shape index (κ3) is 3.48. The van der Waals surface area contributed by atoms with E-state index in [1.54, 1.807) is 12.3 Å². The lowest BCUT2D eigenvalue weighted by atomic mass is 9.96. The Morgan fingerprint density at radius 3 is 2.64 bits per heavy atom. The molecule has 2 aliphatic heterocycles. The zero-order valence-corrected chi connectivity index (χ0v) is 13.0. The second-order valence-electron chi connectivity index (χ2n) is 6.33. The third-order valence-corrected chi connectivity index (χ3v) is 4.70. The molecular weight excluding hydrogens is 280 g/mol. The van der Waals surface area contributed by atoms with Crippen molar-refractivity contribution >= 4 is 11.6 Å². The van der Waals surface area contributed by atoms with Crippen LogP contribution in [0.2, 0.25) is 0 Å². The van der Waals surface area contributed by atoms with E-state index in [0.29, 0.717) is 12.5 Å². The number of hydrogen-bond acceptors (Lipinski definition) is 4. The van der Waals surface area contributed by atoms with Gasteiger partial charge in [0.05, 0.1) is 17.8 Å². The van der Waals surface area contributed by atoms with Gasteiger partial charge in [0, 0.05) is 32.2 Å². The predicted octanol–water partition coefficient (Wildman–Crippen LogP) is 1.39. The molecule has 22 heavy (non-hydrogen) atoms. The highest BCUT2D eigenvalue weighted by molar-refractivity contribution is 5.79. The van der Waals surface area contributed by atoms with Crippen LogP contribution >= 0.6 is 0 Å². The van der Waals surface area contributed by atoms with Gasteiger partial charge < -0.3 is 9.80 Å². The number of likely N-dealkylation sites (tertiary alicyclic amines) is 1. The topological polar surface area (TPSA) is 69.3 Å². The zero-order chi connectivity index (χ0) is 15.4. The van der Waals surface area contributed by atoms with Gasteiger partial charge >= 0.3 is 0 Å². The molecular formula is C16H24N4O2. The maximum absolute atomic E-state index is 12.8. The molecule has 6 nitrogen and oxygen atoms in total. The van der Waals surface area contributed by atoms with E-state index >= 15 is 0 Å². The highest BCUT2D eigenvalue weighted by Gasteiger charge is 2.29. The van der Waals surface area contributed by atoms with Crippen LogP contribution in [0.1, 0.15) is 38.5 Å². The predicted molar refractivity (Wildman–Crippen MR) is 84.8 cm³/mol. The molecule has 1 aromatic heterocycles. The summed E-state index contributed by atoms with van der Waals surface area (Å²) in [7, 11) is 0. The van der Waals surface area contributed by atoms with Crippen molar-refractivity contribution < 1.29 is 4.79 Å². The van der Waals surface area contributed by atoms with E-state index in [4.69, 9.17) is 0 Å². The normalized spacial score (nSPS) is 23.2. The smallest absolute Gasteiger partial charge is 0.266 e. The maximum Gasteiger partial charge on any atom is 0.266 e. The van der Waals surface area contributed by atoms with Crippen molar-refractivity contribution in [3.8, 4) is 0 Å². The zero-order valence-electron chi connectivity index (χ0n) is 13.0. The molecule has 1 N–H and O–H groups in total. The number of nitrogens with one attached hydrogen (secondary N) is 1. The van der Waals surface area contributed by atoms with E-state index in [1.807, 2.05) is 0 Å². The first-order valence-electron chi connectivity index (χ1n) is 8.32. The molecule has 0 bridgehead atoms. The third-order valence-electron chi connectivity index (χ3n) is 4.70. The van der Waals surface area contributed by atoms with Gasteiger partial charge in [-0.3, -0.25) is 9.59 Å². The minimum absolute atomic E-state index is 0.0473. The Hall–Kier alpha value is -1.85. The van der Waals surface area contributed by atoms with Gasteiger partial charge in [0.2, 0.25) is 5.91 Å². The molecule has 0 aromatic carbocycles. The summed E-state index contributed by atoms with van der Waals surface area (Å²) in [4.78, 5) is 28.3. The fourth-order valence-electron chi connectivity index (χ4n) is 3.50. The summed E-state index contributed by atoms with van der Waals surface area (Å²) >= 11 is 0. The number of carbonyl (C=O) groups excluding carboxylic acids is 1. The van der Waals surface area contributed by atoms with Crippen LogP contribution in [0, 0.1) is 5.92 Å². The van der Waals surface area contributed by atoms with Gasteiger partial charge in [-0.05, 0) is 25.7 Å². The molecule has 2 aliphatic rings. The van der Waals surface area contributed by atoms with Crippen molar-refractivity contribution in [3.05, 3.63) is 22.6 Å². The van der Waals surface area contributed by atoms with Crippen molar-refractivity contribution in [2.75, 3.05) is 31.1 Å². The summed E-state index contributed by atoms with van der Waals surface area (Å²) < 4.78 is 0. The Balaban J connectivity index is 1.67. The van der Waals surface area contributed by atoms with Gasteiger partial charge in [0.15, 0.2) is 0 Å². The van der Waals surface area contributed by atoms with Gasteiger partial charge in [-0.2, -0.15) is 5.10 Å². The van der Waals surface area contributed by atoms with Gasteiger partial charge in [-0.1, -0.05) is 12.8 Å². The van der Waals surface area contributed by atoms with E-state index in [0.717, 1.165) is 51.0 Å². The molecule has 1 unspecified atom stereocenters. The number of anilines is 1. The van der Waals surface area contributed by atoms with E-state index in [9.17, 15) is 9.59 Å². The molecule has 0 radical (unpaired) electrons. The van der Waals surface area contributed by atoms with Crippen molar-refractivity contribution in [1.29, 1.82) is 0 Å². The number of rotatable bonds is 2. The van der Waals surface area contributed by atoms with Gasteiger partial charge in [0.1, 0.15) is 0 Å². The van der Waals surface area contributed by atoms with Crippen LogP contribution in [-0.4, -0.2) is 47.2 Å². The second kappa shape index (κ2) is 6.94. The van der Waals surface area contributed by atoms with Crippen molar-refractivity contribution in [3.63, 3.8) is 0 Å². The molecule has 1 atom stereocenters. The van der Waals surface area contributed by atoms with Crippen molar-refractivity contribution in [1.82, 2.24) is 15.1 Å². The van der Waals surface area contributed by atoms with E-state index in [-0.39, 0.29) is 11.5 Å². The number of hydrogen-bond donors (Lipinski definition) is 1. The quantitative estimate of drug-likeness (QED) is 0.896. The molecule has 0 spiro atoms. The molecule has 3 rings (SSSR count). The summed E-state index contributed by atoms with van der Waals surface area (Å²) in [6.07, 6.45) is 8.32. The number of H-pyrrole nitrogens is 1. The average molecular weight is 304 g/mol. The highest BCUT2D eigenvalue weighted by Crippen LogP contribution is 2.24. The first kappa shape index (κ1) is 15.1. The van der Waals surface area contributed by atoms with Crippen LogP contribution in [0.15, 0.2) is 17.1 Å². The Morgan fingerprint density at radius 1 is 1.14 bits per heavy atom. The summed E-state index contributed by atoms with van der Waals surface area (Å²) in [5.41, 5.74) is 0.621. The summed E-state index contributed by atoms with van der Waals surface area (Å²) in [6, 6.07) is 1.56. The van der Waals surface area contributed by atoms with Crippen molar-refractivity contribution in [2.45, 2.75) is 38.5 Å². The number of aromatic nitrogens is 2. The fourth-order valence-corrected chi connectivity index (χ4v) is 3.50. The average Bonchev–Trinajstić information content (AvgIpc) is 2.83. The Labute approximate surface area is 130 Å². The summed E-state index contributed by atoms with van der Waals surface area (Å²) in [6.45, 7) is 3.39. The van der Waals surface area contributed by atoms with E-state index in [2.05, 4.69) is 20.0 Å². The minimum Gasteiger partial charge on any atom is -0.369 e. The number of carbonyl (C=O) groups is 1. The molecule has 3 heterocycles. The fraction of sp³-hybridized carbons (Fsp3) is 0.688. The number of nitrogens with zero attached hydrogens (tertiary/aromatic N) is 3. The van der Waals surface area contributed by atoms with Gasteiger partial charge in [-0.15, -0.1) is 0 Å². The molecule has 0 saturated carbocycles. The Morgan fingerprint density at radius 2 is 1.91 bits per heavy atom. The lowest BCUT2D eigenvalue weighted by Crippen LogP contribution is -2.45. The largest absolute Gasteiger partial charge is 0.369 e. The SMILES string of the molecule is O=C(C1CCCN(c2cn[nH]c(=O)c2)C1)N1CCCCCC1. The van der Waals surface area contributed by atoms with Crippen LogP contribution in [0.5, 0.6) is 0 Å². The van der Waals surface area contributed by atoms with Crippen LogP contribution in [-0.2, 0) is 4.79 Å². The highest BCUT2D eigenvalue weighted by atomic mass is 16.2. The first-order valence-corrected chi connectivity index (χ1v) is 8.32. The molecule has 1 amide bonds. The molecule has 2 saturated heterocycles. The second-order valence-corrected chi connectivity index (χ2v) is 6.33. The minimum atomic E-state index is -0.196. The van der Waals surface area contributed by atoms with Crippen molar-refractivity contribution in [2.24, 2.45) is 5.92 Å². The van der Waals surface area contributed by atoms with Gasteiger partial charge in [0.25, 0.3) is 5.56 Å². The molecule has 0 aliphatic carbocycles. The monoisotopic (exact) mass is 304 g/mol. The van der Waals surface area contributed by atoms with Crippen LogP contribution in [0.25, 0.3) is 0 Å². The molecule has 6 heteroatoms. The first-order chi connectivity index (χ1) is 10.7. The van der Waals surface area contributed by atoms with E-state index < -0.39 is 0 Å². The van der Waals surface area contributed by atoms with Crippen LogP contribution in [0.4, 0.5) is 5.69 Å². The van der Waals surface area contributed by atoms with E-state index in [1.165, 1.54) is 12.8 Å². The molecule has 2 fully saturated rings. The van der Waals surface area contributed by atoms with Gasteiger partial charge in [-0.25, -0.2) is 5.10 Å². The maximum atomic E-state index is 12.8. The summed E-state index contributed by atoms with van der Waals surface area (Å²) in [5.74, 6) is 0.343. The van der Waals surface area contributed by atoms with Crippen LogP contribution < -0.4 is 10.5 Å². The summed E-state index contributed by atoms with van der Waals surface area (Å²) in [5, 5.41) is 6.25. The number of aromatic amines is 1.